The van der Waals surface area contributed by atoms with Crippen LogP contribution in [0.1, 0.15) is 36.0 Å². The van der Waals surface area contributed by atoms with Crippen molar-refractivity contribution in [1.82, 2.24) is 15.5 Å². The monoisotopic (exact) mass is 479 g/mol. The zero-order valence-electron chi connectivity index (χ0n) is 18.1. The third-order valence-corrected chi connectivity index (χ3v) is 7.30. The maximum atomic E-state index is 13.2. The van der Waals surface area contributed by atoms with E-state index >= 15 is 0 Å². The maximum absolute atomic E-state index is 13.2. The third kappa shape index (κ3) is 5.12. The lowest BCUT2D eigenvalue weighted by atomic mass is 9.73. The van der Waals surface area contributed by atoms with Crippen LogP contribution in [-0.2, 0) is 0 Å². The molecule has 0 saturated carbocycles. The number of nitrogens with zero attached hydrogens (tertiary/aromatic N) is 1. The Balaban J connectivity index is 0.00000144. The minimum Gasteiger partial charge on any atom is -0.350 e. The highest BCUT2D eigenvalue weighted by Gasteiger charge is 2.45. The van der Waals surface area contributed by atoms with Crippen LogP contribution in [0, 0.1) is 17.7 Å². The Hall–Kier alpha value is -1.66. The van der Waals surface area contributed by atoms with Gasteiger partial charge in [-0.3, -0.25) is 9.69 Å². The van der Waals surface area contributed by atoms with Gasteiger partial charge in [-0.2, -0.15) is 0 Å². The molecule has 0 aromatic heterocycles. The lowest BCUT2D eigenvalue weighted by molar-refractivity contribution is -0.0371. The van der Waals surface area contributed by atoms with Crippen molar-refractivity contribution in [3.05, 3.63) is 59.9 Å². The van der Waals surface area contributed by atoms with Gasteiger partial charge in [-0.05, 0) is 86.1 Å². The van der Waals surface area contributed by atoms with Crippen molar-refractivity contribution >= 4 is 30.7 Å². The lowest BCUT2D eigenvalue weighted by Gasteiger charge is -2.55. The molecule has 0 unspecified atom stereocenters. The van der Waals surface area contributed by atoms with E-state index < -0.39 is 0 Å². The zero-order valence-corrected chi connectivity index (χ0v) is 19.8. The SMILES string of the molecule is Cl.Cl.O=C(NC[C@H]1[C@@H]2CNC[C@@H](C2)[C@@H]2CCCCN21)c1cccc(-c2ccc(F)cc2)c1. The van der Waals surface area contributed by atoms with E-state index in [-0.39, 0.29) is 36.5 Å². The van der Waals surface area contributed by atoms with E-state index in [0.717, 1.165) is 36.7 Å². The van der Waals surface area contributed by atoms with Crippen molar-refractivity contribution in [2.24, 2.45) is 11.8 Å². The van der Waals surface area contributed by atoms with Gasteiger partial charge in [0.15, 0.2) is 0 Å². The highest BCUT2D eigenvalue weighted by molar-refractivity contribution is 5.95. The lowest BCUT2D eigenvalue weighted by Crippen LogP contribution is -2.65. The molecule has 0 radical (unpaired) electrons. The first-order valence-electron chi connectivity index (χ1n) is 11.3. The Morgan fingerprint density at radius 3 is 2.62 bits per heavy atom. The van der Waals surface area contributed by atoms with Crippen LogP contribution in [0.3, 0.4) is 0 Å². The van der Waals surface area contributed by atoms with Crippen molar-refractivity contribution in [3.8, 4) is 11.1 Å². The number of hydrogen-bond donors (Lipinski definition) is 2. The van der Waals surface area contributed by atoms with Crippen molar-refractivity contribution in [2.75, 3.05) is 26.2 Å². The predicted molar refractivity (Wildman–Crippen MR) is 131 cm³/mol. The molecule has 0 aliphatic carbocycles. The molecule has 2 aromatic rings. The fraction of sp³-hybridized carbons (Fsp3) is 0.480. The second-order valence-corrected chi connectivity index (χ2v) is 9.08. The van der Waals surface area contributed by atoms with Gasteiger partial charge in [-0.15, -0.1) is 24.8 Å². The first-order chi connectivity index (χ1) is 14.7. The van der Waals surface area contributed by atoms with Crippen LogP contribution in [0.4, 0.5) is 4.39 Å². The Labute approximate surface area is 202 Å². The first kappa shape index (κ1) is 25.0. The molecule has 1 amide bonds. The van der Waals surface area contributed by atoms with Crippen LogP contribution in [0.2, 0.25) is 0 Å². The van der Waals surface area contributed by atoms with Crippen LogP contribution < -0.4 is 10.6 Å². The van der Waals surface area contributed by atoms with Crippen LogP contribution in [0.15, 0.2) is 48.5 Å². The largest absolute Gasteiger partial charge is 0.350 e. The second-order valence-electron chi connectivity index (χ2n) is 9.08. The number of fused-ring (bicyclic) bond motifs is 4. The summed E-state index contributed by atoms with van der Waals surface area (Å²) in [6.45, 7) is 4.07. The Morgan fingerprint density at radius 2 is 1.81 bits per heavy atom. The Kier molecular flexibility index (Phi) is 8.56. The van der Waals surface area contributed by atoms with E-state index in [4.69, 9.17) is 0 Å². The highest BCUT2D eigenvalue weighted by atomic mass is 35.5. The fourth-order valence-corrected chi connectivity index (χ4v) is 5.83. The van der Waals surface area contributed by atoms with Gasteiger partial charge < -0.3 is 10.6 Å². The van der Waals surface area contributed by atoms with Crippen molar-refractivity contribution in [2.45, 2.75) is 37.8 Å². The molecule has 2 N–H and O–H groups in total. The van der Waals surface area contributed by atoms with E-state index in [1.54, 1.807) is 12.1 Å². The number of piperidine rings is 3. The Bertz CT molecular complexity index is 910. The van der Waals surface area contributed by atoms with Gasteiger partial charge in [0.25, 0.3) is 5.91 Å². The molecular weight excluding hydrogens is 448 g/mol. The summed E-state index contributed by atoms with van der Waals surface area (Å²) >= 11 is 0. The number of hydrogen-bond acceptors (Lipinski definition) is 3. The van der Waals surface area contributed by atoms with Crippen LogP contribution in [0.5, 0.6) is 0 Å². The van der Waals surface area contributed by atoms with E-state index in [2.05, 4.69) is 15.5 Å². The van der Waals surface area contributed by atoms with Gasteiger partial charge in [-0.1, -0.05) is 30.7 Å². The molecule has 3 fully saturated rings. The average molecular weight is 480 g/mol. The number of halogens is 3. The highest BCUT2D eigenvalue weighted by Crippen LogP contribution is 2.38. The molecule has 3 aliphatic heterocycles. The molecule has 5 rings (SSSR count). The van der Waals surface area contributed by atoms with Gasteiger partial charge in [0.2, 0.25) is 0 Å². The first-order valence-corrected chi connectivity index (χ1v) is 11.3. The number of carbonyl (C=O) groups is 1. The summed E-state index contributed by atoms with van der Waals surface area (Å²) in [5.41, 5.74) is 2.49. The number of rotatable bonds is 4. The summed E-state index contributed by atoms with van der Waals surface area (Å²) < 4.78 is 13.2. The summed E-state index contributed by atoms with van der Waals surface area (Å²) in [5.74, 6) is 1.10. The molecule has 3 saturated heterocycles. The predicted octanol–water partition coefficient (Wildman–Crippen LogP) is 4.53. The van der Waals surface area contributed by atoms with E-state index in [0.29, 0.717) is 30.1 Å². The van der Waals surface area contributed by atoms with Crippen LogP contribution in [0.25, 0.3) is 11.1 Å². The molecule has 174 valence electrons. The maximum Gasteiger partial charge on any atom is 0.251 e. The minimum absolute atomic E-state index is 0. The van der Waals surface area contributed by atoms with Gasteiger partial charge >= 0.3 is 0 Å². The van der Waals surface area contributed by atoms with Crippen molar-refractivity contribution in [1.29, 1.82) is 0 Å². The quantitative estimate of drug-likeness (QED) is 0.676. The molecule has 3 aliphatic rings. The van der Waals surface area contributed by atoms with Crippen molar-refractivity contribution < 1.29 is 9.18 Å². The summed E-state index contributed by atoms with van der Waals surface area (Å²) in [7, 11) is 0. The summed E-state index contributed by atoms with van der Waals surface area (Å²) in [4.78, 5) is 15.7. The zero-order chi connectivity index (χ0) is 20.5. The smallest absolute Gasteiger partial charge is 0.251 e. The molecule has 2 aromatic carbocycles. The molecular formula is C25H32Cl2FN3O. The van der Waals surface area contributed by atoms with Gasteiger partial charge in [-0.25, -0.2) is 4.39 Å². The molecule has 2 bridgehead atoms. The number of benzene rings is 2. The van der Waals surface area contributed by atoms with E-state index in [9.17, 15) is 9.18 Å². The summed E-state index contributed by atoms with van der Waals surface area (Å²) in [5, 5.41) is 6.86. The molecule has 4 nitrogen and oxygen atoms in total. The standard InChI is InChI=1S/C25H30FN3O.2ClH/c26-22-9-7-17(8-10-22)18-4-3-5-19(12-18)25(30)28-16-24-21-13-20(14-27-15-21)23-6-1-2-11-29(23)24;;/h3-5,7-10,12,20-21,23-24,27H,1-2,6,11,13-16H2,(H,28,30);2*1H/t20-,21+,23+,24+;;/m1../s1. The van der Waals surface area contributed by atoms with Crippen LogP contribution >= 0.6 is 24.8 Å². The molecule has 4 atom stereocenters. The number of carbonyl (C=O) groups excluding carboxylic acids is 1. The molecule has 0 spiro atoms. The second kappa shape index (κ2) is 11.0. The number of nitrogens with one attached hydrogen (secondary N) is 2. The van der Waals surface area contributed by atoms with Gasteiger partial charge in [0.1, 0.15) is 5.82 Å². The van der Waals surface area contributed by atoms with Gasteiger partial charge in [0.05, 0.1) is 0 Å². The van der Waals surface area contributed by atoms with Gasteiger partial charge in [0, 0.05) is 24.2 Å². The normalized spacial score (nSPS) is 26.8. The topological polar surface area (TPSA) is 44.4 Å². The molecule has 32 heavy (non-hydrogen) atoms. The van der Waals surface area contributed by atoms with Crippen LogP contribution in [-0.4, -0.2) is 49.1 Å². The van der Waals surface area contributed by atoms with Crippen molar-refractivity contribution in [3.63, 3.8) is 0 Å². The third-order valence-electron chi connectivity index (χ3n) is 7.30. The van der Waals surface area contributed by atoms with E-state index in [1.807, 2.05) is 24.3 Å². The Morgan fingerprint density at radius 1 is 1.03 bits per heavy atom. The minimum atomic E-state index is -0.254. The molecule has 7 heteroatoms. The number of amides is 1. The average Bonchev–Trinajstić information content (AvgIpc) is 2.80. The van der Waals surface area contributed by atoms with E-state index in [1.165, 1.54) is 37.8 Å². The fourth-order valence-electron chi connectivity index (χ4n) is 5.83. The summed E-state index contributed by atoms with van der Waals surface area (Å²) in [6, 6.07) is 15.1. The summed E-state index contributed by atoms with van der Waals surface area (Å²) in [6.07, 6.45) is 5.18. The molecule has 3 heterocycles.